The number of nitrogens with one attached hydrogen (secondary N) is 1. The second-order valence-corrected chi connectivity index (χ2v) is 5.76. The summed E-state index contributed by atoms with van der Waals surface area (Å²) in [5.74, 6) is -0.877. The predicted molar refractivity (Wildman–Crippen MR) is 81.0 cm³/mol. The molecule has 0 aromatic carbocycles. The van der Waals surface area contributed by atoms with Gasteiger partial charge in [-0.25, -0.2) is 4.79 Å². The fourth-order valence-corrected chi connectivity index (χ4v) is 2.95. The third kappa shape index (κ3) is 3.05. The molecule has 120 valence electrons. The Morgan fingerprint density at radius 1 is 1.18 bits per heavy atom. The summed E-state index contributed by atoms with van der Waals surface area (Å²) in [7, 11) is 0. The van der Waals surface area contributed by atoms with E-state index in [9.17, 15) is 14.4 Å². The number of esters is 1. The Morgan fingerprint density at radius 3 is 2.27 bits per heavy atom. The Kier molecular flexibility index (Phi) is 4.68. The maximum absolute atomic E-state index is 12.2. The van der Waals surface area contributed by atoms with E-state index in [-0.39, 0.29) is 17.4 Å². The molecule has 2 heterocycles. The number of Topliss-reactive ketones (excluding diaryl/α,β-unsaturated/α-hetero) is 1. The Balaban J connectivity index is 2.10. The van der Waals surface area contributed by atoms with Gasteiger partial charge < -0.3 is 14.6 Å². The molecule has 0 bridgehead atoms. The molecular formula is C16H22N2O4. The lowest BCUT2D eigenvalue weighted by atomic mass is 10.1. The number of aryl methyl sites for hydroxylation is 1. The molecule has 22 heavy (non-hydrogen) atoms. The summed E-state index contributed by atoms with van der Waals surface area (Å²) in [4.78, 5) is 40.6. The maximum Gasteiger partial charge on any atom is 0.355 e. The van der Waals surface area contributed by atoms with Crippen LogP contribution in [0.4, 0.5) is 0 Å². The van der Waals surface area contributed by atoms with E-state index < -0.39 is 12.1 Å². The molecule has 1 N–H and O–H groups in total. The summed E-state index contributed by atoms with van der Waals surface area (Å²) in [5.41, 5.74) is 1.94. The summed E-state index contributed by atoms with van der Waals surface area (Å²) < 4.78 is 5.27. The topological polar surface area (TPSA) is 79.5 Å². The number of H-pyrrole nitrogens is 1. The Hall–Kier alpha value is -2.11. The number of carbonyl (C=O) groups excluding carboxylic acids is 3. The van der Waals surface area contributed by atoms with Crippen LogP contribution in [0.5, 0.6) is 0 Å². The number of hydrogen-bond donors (Lipinski definition) is 1. The summed E-state index contributed by atoms with van der Waals surface area (Å²) in [6.45, 7) is 7.90. The molecule has 0 saturated carbocycles. The van der Waals surface area contributed by atoms with Crippen LogP contribution < -0.4 is 0 Å². The van der Waals surface area contributed by atoms with Crippen molar-refractivity contribution in [2.45, 2.75) is 46.6 Å². The lowest BCUT2D eigenvalue weighted by Gasteiger charge is -2.20. The standard InChI is InChI=1S/C16H22N2O4/c1-9-13(11(3)19)10(2)17-14(9)16(21)22-12(4)15(20)18-7-5-6-8-18/h12,17H,5-8H2,1-4H3/t12-/m1/s1. The van der Waals surface area contributed by atoms with E-state index in [0.717, 1.165) is 25.9 Å². The number of hydrogen-bond acceptors (Lipinski definition) is 4. The zero-order valence-corrected chi connectivity index (χ0v) is 13.5. The van der Waals surface area contributed by atoms with Crippen LogP contribution in [0.2, 0.25) is 0 Å². The van der Waals surface area contributed by atoms with Gasteiger partial charge in [-0.05, 0) is 46.1 Å². The normalized spacial score (nSPS) is 15.7. The van der Waals surface area contributed by atoms with Crippen LogP contribution in [0.1, 0.15) is 58.8 Å². The minimum absolute atomic E-state index is 0.105. The van der Waals surface area contributed by atoms with E-state index in [2.05, 4.69) is 4.98 Å². The van der Waals surface area contributed by atoms with Crippen molar-refractivity contribution in [2.75, 3.05) is 13.1 Å². The zero-order chi connectivity index (χ0) is 16.4. The molecule has 1 atom stereocenters. The summed E-state index contributed by atoms with van der Waals surface area (Å²) >= 11 is 0. The van der Waals surface area contributed by atoms with Crippen LogP contribution in [0.3, 0.4) is 0 Å². The monoisotopic (exact) mass is 306 g/mol. The zero-order valence-electron chi connectivity index (χ0n) is 13.5. The average molecular weight is 306 g/mol. The van der Waals surface area contributed by atoms with E-state index in [0.29, 0.717) is 16.8 Å². The average Bonchev–Trinajstić information content (AvgIpc) is 3.05. The van der Waals surface area contributed by atoms with Crippen LogP contribution in [0, 0.1) is 13.8 Å². The fourth-order valence-electron chi connectivity index (χ4n) is 2.95. The van der Waals surface area contributed by atoms with E-state index in [4.69, 9.17) is 4.74 Å². The molecule has 1 amide bonds. The highest BCUT2D eigenvalue weighted by molar-refractivity contribution is 6.01. The third-order valence-corrected chi connectivity index (χ3v) is 4.04. The molecule has 0 aliphatic carbocycles. The van der Waals surface area contributed by atoms with Gasteiger partial charge in [0.1, 0.15) is 5.69 Å². The molecule has 1 aromatic rings. The first kappa shape index (κ1) is 16.3. The van der Waals surface area contributed by atoms with Crippen molar-refractivity contribution >= 4 is 17.7 Å². The first-order chi connectivity index (χ1) is 10.3. The van der Waals surface area contributed by atoms with Crippen molar-refractivity contribution in [3.63, 3.8) is 0 Å². The molecule has 1 aliphatic rings. The van der Waals surface area contributed by atoms with Crippen molar-refractivity contribution in [1.29, 1.82) is 0 Å². The van der Waals surface area contributed by atoms with Gasteiger partial charge in [-0.1, -0.05) is 0 Å². The smallest absolute Gasteiger partial charge is 0.355 e. The lowest BCUT2D eigenvalue weighted by Crippen LogP contribution is -2.38. The quantitative estimate of drug-likeness (QED) is 0.681. The summed E-state index contributed by atoms with van der Waals surface area (Å²) in [5, 5.41) is 0. The first-order valence-electron chi connectivity index (χ1n) is 7.52. The van der Waals surface area contributed by atoms with Crippen LogP contribution >= 0.6 is 0 Å². The van der Waals surface area contributed by atoms with E-state index in [1.165, 1.54) is 6.92 Å². The van der Waals surface area contributed by atoms with Gasteiger partial charge >= 0.3 is 5.97 Å². The molecule has 6 nitrogen and oxygen atoms in total. The van der Waals surface area contributed by atoms with E-state index >= 15 is 0 Å². The Morgan fingerprint density at radius 2 is 1.77 bits per heavy atom. The van der Waals surface area contributed by atoms with Gasteiger partial charge in [-0.2, -0.15) is 0 Å². The number of likely N-dealkylation sites (tertiary alicyclic amines) is 1. The molecule has 0 spiro atoms. The van der Waals surface area contributed by atoms with Crippen molar-refractivity contribution in [2.24, 2.45) is 0 Å². The van der Waals surface area contributed by atoms with Gasteiger partial charge in [0.05, 0.1) is 0 Å². The van der Waals surface area contributed by atoms with Gasteiger partial charge in [0.2, 0.25) is 0 Å². The molecule has 1 fully saturated rings. The van der Waals surface area contributed by atoms with Gasteiger partial charge in [0.15, 0.2) is 11.9 Å². The maximum atomic E-state index is 12.2. The SMILES string of the molecule is CC(=O)c1c(C)[nH]c(C(=O)O[C@H](C)C(=O)N2CCCC2)c1C. The highest BCUT2D eigenvalue weighted by Gasteiger charge is 2.28. The summed E-state index contributed by atoms with van der Waals surface area (Å²) in [6.07, 6.45) is 1.15. The second-order valence-electron chi connectivity index (χ2n) is 5.76. The number of carbonyl (C=O) groups is 3. The molecule has 1 saturated heterocycles. The lowest BCUT2D eigenvalue weighted by molar-refractivity contribution is -0.138. The number of amides is 1. The van der Waals surface area contributed by atoms with Crippen LogP contribution in [-0.4, -0.2) is 46.7 Å². The number of aromatic amines is 1. The minimum Gasteiger partial charge on any atom is -0.448 e. The molecule has 1 aromatic heterocycles. The number of aromatic nitrogens is 1. The highest BCUT2D eigenvalue weighted by atomic mass is 16.5. The molecule has 6 heteroatoms. The molecule has 2 rings (SSSR count). The predicted octanol–water partition coefficient (Wildman–Crippen LogP) is 2.00. The second kappa shape index (κ2) is 6.34. The number of rotatable bonds is 4. The Bertz CT molecular complexity index is 612. The highest BCUT2D eigenvalue weighted by Crippen LogP contribution is 2.20. The van der Waals surface area contributed by atoms with Gasteiger partial charge in [-0.15, -0.1) is 0 Å². The third-order valence-electron chi connectivity index (χ3n) is 4.04. The van der Waals surface area contributed by atoms with Gasteiger partial charge in [-0.3, -0.25) is 9.59 Å². The largest absolute Gasteiger partial charge is 0.448 e. The number of ketones is 1. The van der Waals surface area contributed by atoms with E-state index in [1.54, 1.807) is 25.7 Å². The molecule has 0 radical (unpaired) electrons. The minimum atomic E-state index is -0.825. The van der Waals surface area contributed by atoms with Crippen LogP contribution in [-0.2, 0) is 9.53 Å². The number of ether oxygens (including phenoxy) is 1. The van der Waals surface area contributed by atoms with Crippen molar-refractivity contribution in [1.82, 2.24) is 9.88 Å². The van der Waals surface area contributed by atoms with E-state index in [1.807, 2.05) is 0 Å². The molecule has 0 unspecified atom stereocenters. The molecular weight excluding hydrogens is 284 g/mol. The van der Waals surface area contributed by atoms with Crippen molar-refractivity contribution < 1.29 is 19.1 Å². The van der Waals surface area contributed by atoms with Crippen LogP contribution in [0.15, 0.2) is 0 Å². The fraction of sp³-hybridized carbons (Fsp3) is 0.562. The van der Waals surface area contributed by atoms with Crippen molar-refractivity contribution in [3.05, 3.63) is 22.5 Å². The van der Waals surface area contributed by atoms with Crippen LogP contribution in [0.25, 0.3) is 0 Å². The summed E-state index contributed by atoms with van der Waals surface area (Å²) in [6, 6.07) is 0. The van der Waals surface area contributed by atoms with Crippen molar-refractivity contribution in [3.8, 4) is 0 Å². The van der Waals surface area contributed by atoms with Gasteiger partial charge in [0, 0.05) is 24.3 Å². The molecule has 1 aliphatic heterocycles. The number of nitrogens with zero attached hydrogens (tertiary/aromatic N) is 1. The first-order valence-corrected chi connectivity index (χ1v) is 7.52. The Labute approximate surface area is 129 Å². The van der Waals surface area contributed by atoms with Gasteiger partial charge in [0.25, 0.3) is 5.91 Å².